The molecule has 0 aliphatic carbocycles. The van der Waals surface area contributed by atoms with Crippen LogP contribution in [0.5, 0.6) is 11.5 Å². The van der Waals surface area contributed by atoms with E-state index < -0.39 is 5.97 Å². The Morgan fingerprint density at radius 3 is 2.32 bits per heavy atom. The van der Waals surface area contributed by atoms with Crippen LogP contribution in [0.3, 0.4) is 0 Å². The van der Waals surface area contributed by atoms with Crippen LogP contribution in [0, 0.1) is 0 Å². The van der Waals surface area contributed by atoms with E-state index in [4.69, 9.17) is 14.2 Å². The molecule has 0 radical (unpaired) electrons. The smallest absolute Gasteiger partial charge is 0.341 e. The summed E-state index contributed by atoms with van der Waals surface area (Å²) in [5.74, 6) is 0.0599. The fraction of sp³-hybridized carbons (Fsp3) is 0.500. The van der Waals surface area contributed by atoms with Crippen molar-refractivity contribution in [3.8, 4) is 11.5 Å². The van der Waals surface area contributed by atoms with Gasteiger partial charge >= 0.3 is 5.97 Å². The summed E-state index contributed by atoms with van der Waals surface area (Å²) in [6.07, 6.45) is 1.15. The van der Waals surface area contributed by atoms with Crippen LogP contribution in [-0.4, -0.2) is 32.2 Å². The number of anilines is 1. The molecule has 0 heterocycles. The monoisotopic (exact) mass is 309 g/mol. The van der Waals surface area contributed by atoms with Crippen LogP contribution in [0.1, 0.15) is 44.0 Å². The van der Waals surface area contributed by atoms with Gasteiger partial charge in [-0.25, -0.2) is 4.79 Å². The predicted molar refractivity (Wildman–Crippen MR) is 83.7 cm³/mol. The Morgan fingerprint density at radius 1 is 1.09 bits per heavy atom. The second kappa shape index (κ2) is 8.92. The van der Waals surface area contributed by atoms with Gasteiger partial charge in [0.1, 0.15) is 5.56 Å². The summed E-state index contributed by atoms with van der Waals surface area (Å²) >= 11 is 0. The maximum Gasteiger partial charge on any atom is 0.341 e. The van der Waals surface area contributed by atoms with E-state index in [2.05, 4.69) is 5.32 Å². The molecule has 0 atom stereocenters. The van der Waals surface area contributed by atoms with Crippen LogP contribution >= 0.6 is 0 Å². The zero-order valence-electron chi connectivity index (χ0n) is 13.5. The highest BCUT2D eigenvalue weighted by Gasteiger charge is 2.20. The highest BCUT2D eigenvalue weighted by Crippen LogP contribution is 2.35. The molecular weight excluding hydrogens is 286 g/mol. The molecule has 0 aliphatic rings. The molecule has 122 valence electrons. The standard InChI is InChI=1S/C16H23NO5/c1-5-8-14(18)17-11-9-12(16(19)20-4)15(22-7-3)13(10-11)21-6-2/h9-10H,5-8H2,1-4H3,(H,17,18). The van der Waals surface area contributed by atoms with E-state index in [1.54, 1.807) is 6.07 Å². The molecule has 0 saturated heterocycles. The van der Waals surface area contributed by atoms with Gasteiger partial charge in [0, 0.05) is 18.2 Å². The van der Waals surface area contributed by atoms with E-state index in [0.29, 0.717) is 36.8 Å². The Labute approximate surface area is 130 Å². The summed E-state index contributed by atoms with van der Waals surface area (Å²) in [7, 11) is 1.29. The van der Waals surface area contributed by atoms with Crippen LogP contribution < -0.4 is 14.8 Å². The van der Waals surface area contributed by atoms with Crippen molar-refractivity contribution in [2.75, 3.05) is 25.6 Å². The summed E-state index contributed by atoms with van der Waals surface area (Å²) < 4.78 is 15.8. The van der Waals surface area contributed by atoms with Gasteiger partial charge in [-0.1, -0.05) is 6.92 Å². The number of ether oxygens (including phenoxy) is 3. The minimum atomic E-state index is -0.545. The Kier molecular flexibility index (Phi) is 7.22. The first-order valence-electron chi connectivity index (χ1n) is 7.39. The minimum Gasteiger partial charge on any atom is -0.490 e. The van der Waals surface area contributed by atoms with Crippen molar-refractivity contribution >= 4 is 17.6 Å². The van der Waals surface area contributed by atoms with Gasteiger partial charge < -0.3 is 19.5 Å². The van der Waals surface area contributed by atoms with E-state index in [9.17, 15) is 9.59 Å². The number of methoxy groups -OCH3 is 1. The maximum atomic E-state index is 12.0. The zero-order chi connectivity index (χ0) is 16.5. The largest absolute Gasteiger partial charge is 0.490 e. The normalized spacial score (nSPS) is 10.0. The molecular formula is C16H23NO5. The van der Waals surface area contributed by atoms with Gasteiger partial charge in [-0.3, -0.25) is 4.79 Å². The van der Waals surface area contributed by atoms with Gasteiger partial charge in [-0.05, 0) is 26.3 Å². The van der Waals surface area contributed by atoms with Gasteiger partial charge in [0.25, 0.3) is 0 Å². The number of carbonyl (C=O) groups excluding carboxylic acids is 2. The third-order valence-corrected chi connectivity index (χ3v) is 2.81. The fourth-order valence-electron chi connectivity index (χ4n) is 1.94. The fourth-order valence-corrected chi connectivity index (χ4v) is 1.94. The van der Waals surface area contributed by atoms with E-state index >= 15 is 0 Å². The second-order valence-corrected chi connectivity index (χ2v) is 4.51. The quantitative estimate of drug-likeness (QED) is 0.747. The van der Waals surface area contributed by atoms with Crippen molar-refractivity contribution in [2.24, 2.45) is 0 Å². The number of nitrogens with one attached hydrogen (secondary N) is 1. The lowest BCUT2D eigenvalue weighted by Gasteiger charge is -2.16. The number of hydrogen-bond acceptors (Lipinski definition) is 5. The van der Waals surface area contributed by atoms with Crippen LogP contribution in [0.25, 0.3) is 0 Å². The molecule has 0 spiro atoms. The molecule has 0 saturated carbocycles. The topological polar surface area (TPSA) is 73.9 Å². The molecule has 1 aromatic carbocycles. The molecule has 6 nitrogen and oxygen atoms in total. The summed E-state index contributed by atoms with van der Waals surface area (Å²) in [6, 6.07) is 3.18. The molecule has 1 amide bonds. The average Bonchev–Trinajstić information content (AvgIpc) is 2.49. The van der Waals surface area contributed by atoms with Gasteiger partial charge in [0.05, 0.1) is 20.3 Å². The Bertz CT molecular complexity index is 528. The lowest BCUT2D eigenvalue weighted by molar-refractivity contribution is -0.116. The van der Waals surface area contributed by atoms with Crippen molar-refractivity contribution < 1.29 is 23.8 Å². The minimum absolute atomic E-state index is 0.120. The SMILES string of the molecule is CCCC(=O)Nc1cc(OCC)c(OCC)c(C(=O)OC)c1. The van der Waals surface area contributed by atoms with Gasteiger partial charge in [0.15, 0.2) is 11.5 Å². The van der Waals surface area contributed by atoms with Crippen molar-refractivity contribution in [1.82, 2.24) is 0 Å². The second-order valence-electron chi connectivity index (χ2n) is 4.51. The third kappa shape index (κ3) is 4.65. The third-order valence-electron chi connectivity index (χ3n) is 2.81. The molecule has 0 bridgehead atoms. The lowest BCUT2D eigenvalue weighted by atomic mass is 10.1. The van der Waals surface area contributed by atoms with E-state index in [0.717, 1.165) is 6.42 Å². The van der Waals surface area contributed by atoms with E-state index in [1.807, 2.05) is 20.8 Å². The Morgan fingerprint density at radius 2 is 1.77 bits per heavy atom. The summed E-state index contributed by atoms with van der Waals surface area (Å²) in [5.41, 5.74) is 0.702. The Hall–Kier alpha value is -2.24. The highest BCUT2D eigenvalue weighted by atomic mass is 16.5. The number of esters is 1. The van der Waals surface area contributed by atoms with Crippen LogP contribution in [-0.2, 0) is 9.53 Å². The molecule has 6 heteroatoms. The molecule has 0 aromatic heterocycles. The summed E-state index contributed by atoms with van der Waals surface area (Å²) in [5, 5.41) is 2.75. The maximum absolute atomic E-state index is 12.0. The van der Waals surface area contributed by atoms with E-state index in [1.165, 1.54) is 13.2 Å². The number of amides is 1. The number of hydrogen-bond donors (Lipinski definition) is 1. The molecule has 1 N–H and O–H groups in total. The predicted octanol–water partition coefficient (Wildman–Crippen LogP) is 3.01. The molecule has 0 fully saturated rings. The van der Waals surface area contributed by atoms with Crippen molar-refractivity contribution in [3.63, 3.8) is 0 Å². The van der Waals surface area contributed by atoms with Crippen molar-refractivity contribution in [1.29, 1.82) is 0 Å². The molecule has 0 aliphatic heterocycles. The van der Waals surface area contributed by atoms with Gasteiger partial charge in [-0.15, -0.1) is 0 Å². The molecule has 1 aromatic rings. The van der Waals surface area contributed by atoms with Crippen LogP contribution in [0.15, 0.2) is 12.1 Å². The van der Waals surface area contributed by atoms with Gasteiger partial charge in [-0.2, -0.15) is 0 Å². The van der Waals surface area contributed by atoms with Crippen LogP contribution in [0.2, 0.25) is 0 Å². The highest BCUT2D eigenvalue weighted by molar-refractivity contribution is 5.97. The number of benzene rings is 1. The van der Waals surface area contributed by atoms with Crippen LogP contribution in [0.4, 0.5) is 5.69 Å². The lowest BCUT2D eigenvalue weighted by Crippen LogP contribution is -2.13. The van der Waals surface area contributed by atoms with Gasteiger partial charge in [0.2, 0.25) is 5.91 Å². The summed E-state index contributed by atoms with van der Waals surface area (Å²) in [6.45, 7) is 6.35. The van der Waals surface area contributed by atoms with Crippen molar-refractivity contribution in [2.45, 2.75) is 33.6 Å². The first kappa shape index (κ1) is 17.8. The number of rotatable bonds is 8. The zero-order valence-corrected chi connectivity index (χ0v) is 13.5. The first-order valence-corrected chi connectivity index (χ1v) is 7.39. The summed E-state index contributed by atoms with van der Waals surface area (Å²) in [4.78, 5) is 23.7. The average molecular weight is 309 g/mol. The molecule has 22 heavy (non-hydrogen) atoms. The van der Waals surface area contributed by atoms with E-state index in [-0.39, 0.29) is 11.5 Å². The van der Waals surface area contributed by atoms with Crippen molar-refractivity contribution in [3.05, 3.63) is 17.7 Å². The molecule has 0 unspecified atom stereocenters. The Balaban J connectivity index is 3.27. The molecule has 1 rings (SSSR count). The number of carbonyl (C=O) groups is 2. The first-order chi connectivity index (χ1) is 10.6.